The van der Waals surface area contributed by atoms with E-state index in [1.807, 2.05) is 4.90 Å². The number of hydrogen-bond acceptors (Lipinski definition) is 4. The lowest BCUT2D eigenvalue weighted by molar-refractivity contribution is 0.343. The molecule has 4 rings (SSSR count). The van der Waals surface area contributed by atoms with E-state index in [0.717, 1.165) is 51.0 Å². The van der Waals surface area contributed by atoms with Crippen molar-refractivity contribution < 1.29 is 8.78 Å². The second-order valence-electron chi connectivity index (χ2n) is 7.07. The summed E-state index contributed by atoms with van der Waals surface area (Å²) in [5, 5.41) is 3.37. The van der Waals surface area contributed by atoms with Crippen LogP contribution < -0.4 is 15.1 Å². The number of nitrogens with one attached hydrogen (secondary N) is 1. The zero-order chi connectivity index (χ0) is 18.1. The van der Waals surface area contributed by atoms with Crippen LogP contribution in [0.2, 0.25) is 0 Å². The summed E-state index contributed by atoms with van der Waals surface area (Å²) in [6, 6.07) is 10.2. The summed E-state index contributed by atoms with van der Waals surface area (Å²) in [6.07, 6.45) is 0. The minimum atomic E-state index is -0.545. The molecular weight excluding hydrogens is 334 g/mol. The maximum Gasteiger partial charge on any atom is 0.128 e. The van der Waals surface area contributed by atoms with Gasteiger partial charge in [0.05, 0.1) is 0 Å². The number of benzene rings is 2. The average Bonchev–Trinajstić information content (AvgIpc) is 2.79. The number of fused-ring (bicyclic) bond motifs is 1. The quantitative estimate of drug-likeness (QED) is 0.891. The normalized spacial score (nSPS) is 18.6. The molecule has 0 bridgehead atoms. The van der Waals surface area contributed by atoms with Crippen LogP contribution in [0.25, 0.3) is 0 Å². The van der Waals surface area contributed by atoms with Crippen molar-refractivity contribution in [2.45, 2.75) is 6.54 Å². The number of hydrogen-bond donors (Lipinski definition) is 1. The zero-order valence-corrected chi connectivity index (χ0v) is 15.0. The number of rotatable bonds is 2. The standard InChI is InChI=1S/C20H24F2N4/c1-24-8-9-26(19-12-16(21)11-17(22)13-19)20-3-2-18(10-15(20)14-24)25-6-4-23-5-7-25/h2-3,10-13,23H,4-9,14H2,1H3. The van der Waals surface area contributed by atoms with Crippen molar-refractivity contribution in [3.05, 3.63) is 53.6 Å². The van der Waals surface area contributed by atoms with Gasteiger partial charge >= 0.3 is 0 Å². The van der Waals surface area contributed by atoms with Gasteiger partial charge in [-0.2, -0.15) is 0 Å². The Hall–Kier alpha value is -2.18. The molecule has 138 valence electrons. The Morgan fingerprint density at radius 3 is 2.31 bits per heavy atom. The van der Waals surface area contributed by atoms with E-state index >= 15 is 0 Å². The van der Waals surface area contributed by atoms with Crippen molar-refractivity contribution in [3.63, 3.8) is 0 Å². The summed E-state index contributed by atoms with van der Waals surface area (Å²) in [4.78, 5) is 6.65. The number of anilines is 3. The molecule has 1 saturated heterocycles. The zero-order valence-electron chi connectivity index (χ0n) is 15.0. The van der Waals surface area contributed by atoms with Gasteiger partial charge in [-0.1, -0.05) is 0 Å². The maximum absolute atomic E-state index is 13.8. The first kappa shape index (κ1) is 17.2. The molecule has 0 aliphatic carbocycles. The molecule has 2 aromatic carbocycles. The van der Waals surface area contributed by atoms with Crippen LogP contribution >= 0.6 is 0 Å². The fourth-order valence-corrected chi connectivity index (χ4v) is 3.81. The first-order valence-corrected chi connectivity index (χ1v) is 9.11. The molecule has 0 unspecified atom stereocenters. The third-order valence-electron chi connectivity index (χ3n) is 5.14. The van der Waals surface area contributed by atoms with Crippen molar-refractivity contribution in [2.24, 2.45) is 0 Å². The van der Waals surface area contributed by atoms with Gasteiger partial charge in [-0.15, -0.1) is 0 Å². The van der Waals surface area contributed by atoms with Gasteiger partial charge in [0.25, 0.3) is 0 Å². The second-order valence-corrected chi connectivity index (χ2v) is 7.07. The highest BCUT2D eigenvalue weighted by molar-refractivity contribution is 5.70. The molecular formula is C20H24F2N4. The van der Waals surface area contributed by atoms with Crippen LogP contribution in [0.5, 0.6) is 0 Å². The van der Waals surface area contributed by atoms with Gasteiger partial charge in [-0.05, 0) is 42.9 Å². The Balaban J connectivity index is 1.72. The monoisotopic (exact) mass is 358 g/mol. The van der Waals surface area contributed by atoms with Crippen molar-refractivity contribution >= 4 is 17.1 Å². The number of halogens is 2. The highest BCUT2D eigenvalue weighted by atomic mass is 19.1. The van der Waals surface area contributed by atoms with Crippen LogP contribution in [0, 0.1) is 11.6 Å². The molecule has 0 aromatic heterocycles. The first-order chi connectivity index (χ1) is 12.6. The highest BCUT2D eigenvalue weighted by Crippen LogP contribution is 2.34. The summed E-state index contributed by atoms with van der Waals surface area (Å²) in [6.45, 7) is 6.32. The largest absolute Gasteiger partial charge is 0.369 e. The number of nitrogens with zero attached hydrogens (tertiary/aromatic N) is 3. The van der Waals surface area contributed by atoms with Crippen LogP contribution in [-0.2, 0) is 6.54 Å². The summed E-state index contributed by atoms with van der Waals surface area (Å²) >= 11 is 0. The first-order valence-electron chi connectivity index (χ1n) is 9.11. The van der Waals surface area contributed by atoms with Gasteiger partial charge in [0.2, 0.25) is 0 Å². The topological polar surface area (TPSA) is 21.8 Å². The van der Waals surface area contributed by atoms with Crippen LogP contribution in [0.3, 0.4) is 0 Å². The molecule has 2 heterocycles. The molecule has 1 N–H and O–H groups in total. The van der Waals surface area contributed by atoms with E-state index < -0.39 is 11.6 Å². The van der Waals surface area contributed by atoms with E-state index in [1.165, 1.54) is 23.4 Å². The van der Waals surface area contributed by atoms with Crippen molar-refractivity contribution in [2.75, 3.05) is 56.1 Å². The number of piperazine rings is 1. The minimum absolute atomic E-state index is 0.545. The smallest absolute Gasteiger partial charge is 0.128 e. The Bertz CT molecular complexity index is 769. The van der Waals surface area contributed by atoms with Crippen molar-refractivity contribution in [1.29, 1.82) is 0 Å². The molecule has 0 radical (unpaired) electrons. The van der Waals surface area contributed by atoms with E-state index in [-0.39, 0.29) is 0 Å². The molecule has 0 saturated carbocycles. The summed E-state index contributed by atoms with van der Waals surface area (Å²) in [5.74, 6) is -1.09. The molecule has 2 aliphatic heterocycles. The third-order valence-corrected chi connectivity index (χ3v) is 5.14. The minimum Gasteiger partial charge on any atom is -0.369 e. The highest BCUT2D eigenvalue weighted by Gasteiger charge is 2.22. The lowest BCUT2D eigenvalue weighted by atomic mass is 10.1. The van der Waals surface area contributed by atoms with Crippen molar-refractivity contribution in [1.82, 2.24) is 10.2 Å². The predicted octanol–water partition coefficient (Wildman–Crippen LogP) is 2.96. The lowest BCUT2D eigenvalue weighted by Gasteiger charge is -2.31. The Kier molecular flexibility index (Phi) is 4.78. The summed E-state index contributed by atoms with van der Waals surface area (Å²) < 4.78 is 27.5. The van der Waals surface area contributed by atoms with Gasteiger partial charge in [-0.3, -0.25) is 0 Å². The van der Waals surface area contributed by atoms with Gasteiger partial charge in [0.1, 0.15) is 11.6 Å². The van der Waals surface area contributed by atoms with Crippen LogP contribution in [0.15, 0.2) is 36.4 Å². The number of likely N-dealkylation sites (N-methyl/N-ethyl adjacent to an activating group) is 1. The van der Waals surface area contributed by atoms with Gasteiger partial charge < -0.3 is 20.0 Å². The molecule has 1 fully saturated rings. The molecule has 6 heteroatoms. The van der Waals surface area contributed by atoms with Gasteiger partial charge in [0, 0.05) is 68.9 Å². The van der Waals surface area contributed by atoms with Gasteiger partial charge in [0.15, 0.2) is 0 Å². The SMILES string of the molecule is CN1CCN(c2cc(F)cc(F)c2)c2ccc(N3CCNCC3)cc2C1. The Labute approximate surface area is 153 Å². The molecule has 0 amide bonds. The average molecular weight is 358 g/mol. The van der Waals surface area contributed by atoms with Crippen LogP contribution in [0.4, 0.5) is 25.8 Å². The fraction of sp³-hybridized carbons (Fsp3) is 0.400. The van der Waals surface area contributed by atoms with Gasteiger partial charge in [-0.25, -0.2) is 8.78 Å². The van der Waals surface area contributed by atoms with Crippen molar-refractivity contribution in [3.8, 4) is 0 Å². The maximum atomic E-state index is 13.8. The van der Waals surface area contributed by atoms with E-state index in [1.54, 1.807) is 0 Å². The molecule has 0 spiro atoms. The van der Waals surface area contributed by atoms with E-state index in [0.29, 0.717) is 12.2 Å². The van der Waals surface area contributed by atoms with E-state index in [2.05, 4.69) is 40.4 Å². The Morgan fingerprint density at radius 1 is 0.846 bits per heavy atom. The molecule has 26 heavy (non-hydrogen) atoms. The third kappa shape index (κ3) is 3.52. The van der Waals surface area contributed by atoms with Crippen LogP contribution in [0.1, 0.15) is 5.56 Å². The summed E-state index contributed by atoms with van der Waals surface area (Å²) in [7, 11) is 2.08. The predicted molar refractivity (Wildman–Crippen MR) is 101 cm³/mol. The fourth-order valence-electron chi connectivity index (χ4n) is 3.81. The second kappa shape index (κ2) is 7.21. The van der Waals surface area contributed by atoms with E-state index in [9.17, 15) is 8.78 Å². The lowest BCUT2D eigenvalue weighted by Crippen LogP contribution is -2.43. The van der Waals surface area contributed by atoms with Crippen LogP contribution in [-0.4, -0.2) is 51.2 Å². The van der Waals surface area contributed by atoms with E-state index in [4.69, 9.17) is 0 Å². The molecule has 2 aliphatic rings. The summed E-state index contributed by atoms with van der Waals surface area (Å²) in [5.41, 5.74) is 3.99. The molecule has 0 atom stereocenters. The molecule has 4 nitrogen and oxygen atoms in total. The Morgan fingerprint density at radius 2 is 1.58 bits per heavy atom. The molecule has 2 aromatic rings.